The molecular formula is C18H19NO5S. The van der Waals surface area contributed by atoms with Crippen molar-refractivity contribution in [1.29, 1.82) is 0 Å². The smallest absolute Gasteiger partial charge is 0.324 e. The molecule has 2 aromatic carbocycles. The van der Waals surface area contributed by atoms with Crippen molar-refractivity contribution < 1.29 is 22.7 Å². The molecule has 7 heteroatoms. The van der Waals surface area contributed by atoms with Crippen LogP contribution in [0.5, 0.6) is 0 Å². The maximum absolute atomic E-state index is 11.8. The molecule has 0 spiro atoms. The summed E-state index contributed by atoms with van der Waals surface area (Å²) >= 11 is 0. The summed E-state index contributed by atoms with van der Waals surface area (Å²) in [6, 6.07) is 13.5. The number of hydrogen-bond donors (Lipinski definition) is 1. The van der Waals surface area contributed by atoms with E-state index in [0.717, 1.165) is 29.2 Å². The van der Waals surface area contributed by atoms with E-state index in [1.165, 1.54) is 7.11 Å². The van der Waals surface area contributed by atoms with E-state index in [9.17, 15) is 18.0 Å². The van der Waals surface area contributed by atoms with Gasteiger partial charge in [0.25, 0.3) is 0 Å². The lowest BCUT2D eigenvalue weighted by atomic mass is 10.00. The highest BCUT2D eigenvalue weighted by molar-refractivity contribution is 7.88. The fourth-order valence-electron chi connectivity index (χ4n) is 2.43. The van der Waals surface area contributed by atoms with Crippen molar-refractivity contribution in [3.05, 3.63) is 59.7 Å². The third-order valence-corrected chi connectivity index (χ3v) is 4.30. The summed E-state index contributed by atoms with van der Waals surface area (Å²) in [6.07, 6.45) is 1.95. The molecule has 1 N–H and O–H groups in total. The number of ether oxygens (including phenoxy) is 1. The molecule has 0 radical (unpaired) electrons. The molecule has 0 bridgehead atoms. The summed E-state index contributed by atoms with van der Waals surface area (Å²) < 4.78 is 29.7. The molecule has 0 aromatic heterocycles. The highest BCUT2D eigenvalue weighted by Crippen LogP contribution is 2.21. The maximum atomic E-state index is 11.8. The Morgan fingerprint density at radius 1 is 1.16 bits per heavy atom. The lowest BCUT2D eigenvalue weighted by Gasteiger charge is -2.15. The summed E-state index contributed by atoms with van der Waals surface area (Å²) in [7, 11) is -2.33. The Morgan fingerprint density at radius 2 is 1.84 bits per heavy atom. The van der Waals surface area contributed by atoms with Crippen LogP contribution in [0.3, 0.4) is 0 Å². The van der Waals surface area contributed by atoms with Crippen LogP contribution in [0, 0.1) is 0 Å². The van der Waals surface area contributed by atoms with Crippen LogP contribution in [0.2, 0.25) is 0 Å². The number of carbonyl (C=O) groups excluding carboxylic acids is 2. The first-order valence-electron chi connectivity index (χ1n) is 7.52. The van der Waals surface area contributed by atoms with E-state index < -0.39 is 22.0 Å². The second kappa shape index (κ2) is 8.04. The molecule has 0 unspecified atom stereocenters. The molecule has 25 heavy (non-hydrogen) atoms. The highest BCUT2D eigenvalue weighted by atomic mass is 32.2. The Bertz CT molecular complexity index is 859. The lowest BCUT2D eigenvalue weighted by molar-refractivity contribution is -0.142. The van der Waals surface area contributed by atoms with Crippen molar-refractivity contribution in [3.8, 4) is 11.1 Å². The van der Waals surface area contributed by atoms with Gasteiger partial charge in [-0.25, -0.2) is 13.1 Å². The minimum Gasteiger partial charge on any atom is -0.468 e. The zero-order valence-electron chi connectivity index (χ0n) is 13.9. The average molecular weight is 361 g/mol. The molecule has 0 saturated heterocycles. The van der Waals surface area contributed by atoms with Crippen LogP contribution < -0.4 is 4.72 Å². The molecule has 2 rings (SSSR count). The highest BCUT2D eigenvalue weighted by Gasteiger charge is 2.23. The molecule has 0 aliphatic heterocycles. The van der Waals surface area contributed by atoms with Gasteiger partial charge in [0.05, 0.1) is 13.4 Å². The van der Waals surface area contributed by atoms with Crippen LogP contribution >= 0.6 is 0 Å². The van der Waals surface area contributed by atoms with Gasteiger partial charge in [0.1, 0.15) is 12.3 Å². The Hall–Kier alpha value is -2.51. The number of carbonyl (C=O) groups is 2. The van der Waals surface area contributed by atoms with Crippen LogP contribution in [-0.4, -0.2) is 40.1 Å². The Morgan fingerprint density at radius 3 is 2.40 bits per heavy atom. The standard InChI is InChI=1S/C18H19NO5S/c1-24-18(21)17(19-25(2,22)23)11-13-6-8-15(9-7-13)16-5-3-4-14(10-16)12-20/h3-10,12,17,19H,11H2,1-2H3/t17-/m0/s1. The molecule has 2 aromatic rings. The zero-order chi connectivity index (χ0) is 18.4. The van der Waals surface area contributed by atoms with Crippen LogP contribution in [0.1, 0.15) is 15.9 Å². The first-order valence-corrected chi connectivity index (χ1v) is 9.41. The third kappa shape index (κ3) is 5.51. The molecule has 0 heterocycles. The van der Waals surface area contributed by atoms with E-state index in [1.54, 1.807) is 18.2 Å². The van der Waals surface area contributed by atoms with Crippen molar-refractivity contribution in [2.75, 3.05) is 13.4 Å². The second-order valence-electron chi connectivity index (χ2n) is 5.61. The number of rotatable bonds is 7. The van der Waals surface area contributed by atoms with Gasteiger partial charge in [-0.1, -0.05) is 42.5 Å². The number of hydrogen-bond acceptors (Lipinski definition) is 5. The van der Waals surface area contributed by atoms with Gasteiger partial charge in [-0.2, -0.15) is 0 Å². The van der Waals surface area contributed by atoms with Gasteiger partial charge >= 0.3 is 5.97 Å². The van der Waals surface area contributed by atoms with Crippen molar-refractivity contribution in [2.24, 2.45) is 0 Å². The number of esters is 1. The third-order valence-electron chi connectivity index (χ3n) is 3.59. The van der Waals surface area contributed by atoms with Crippen LogP contribution in [-0.2, 0) is 26.0 Å². The zero-order valence-corrected chi connectivity index (χ0v) is 14.7. The minimum atomic E-state index is -3.54. The topological polar surface area (TPSA) is 89.5 Å². The molecule has 0 aliphatic carbocycles. The fraction of sp³-hybridized carbons (Fsp3) is 0.222. The van der Waals surface area contributed by atoms with E-state index in [0.29, 0.717) is 5.56 Å². The normalized spacial score (nSPS) is 12.4. The van der Waals surface area contributed by atoms with Crippen LogP contribution in [0.15, 0.2) is 48.5 Å². The number of methoxy groups -OCH3 is 1. The molecule has 0 fully saturated rings. The van der Waals surface area contributed by atoms with E-state index in [2.05, 4.69) is 9.46 Å². The Kier molecular flexibility index (Phi) is 6.06. The Labute approximate surface area is 146 Å². The minimum absolute atomic E-state index is 0.175. The fourth-order valence-corrected chi connectivity index (χ4v) is 3.13. The number of nitrogens with one attached hydrogen (secondary N) is 1. The summed E-state index contributed by atoms with van der Waals surface area (Å²) in [5.41, 5.74) is 3.18. The van der Waals surface area contributed by atoms with Crippen molar-refractivity contribution in [3.63, 3.8) is 0 Å². The van der Waals surface area contributed by atoms with E-state index in [-0.39, 0.29) is 6.42 Å². The molecule has 6 nitrogen and oxygen atoms in total. The first-order chi connectivity index (χ1) is 11.8. The number of sulfonamides is 1. The van der Waals surface area contributed by atoms with Gasteiger partial charge in [-0.3, -0.25) is 9.59 Å². The molecule has 1 atom stereocenters. The largest absolute Gasteiger partial charge is 0.468 e. The molecular weight excluding hydrogens is 342 g/mol. The molecule has 0 saturated carbocycles. The molecule has 132 valence electrons. The van der Waals surface area contributed by atoms with E-state index >= 15 is 0 Å². The molecule has 0 amide bonds. The predicted octanol–water partition coefficient (Wildman–Crippen LogP) is 1.80. The van der Waals surface area contributed by atoms with Gasteiger partial charge in [0, 0.05) is 5.56 Å². The van der Waals surface area contributed by atoms with Crippen molar-refractivity contribution in [1.82, 2.24) is 4.72 Å². The van der Waals surface area contributed by atoms with E-state index in [4.69, 9.17) is 0 Å². The lowest BCUT2D eigenvalue weighted by Crippen LogP contribution is -2.42. The maximum Gasteiger partial charge on any atom is 0.324 e. The van der Waals surface area contributed by atoms with Gasteiger partial charge in [0.15, 0.2) is 0 Å². The quantitative estimate of drug-likeness (QED) is 0.600. The van der Waals surface area contributed by atoms with Crippen LogP contribution in [0.4, 0.5) is 0 Å². The Balaban J connectivity index is 2.20. The summed E-state index contributed by atoms with van der Waals surface area (Å²) in [4.78, 5) is 22.6. The van der Waals surface area contributed by atoms with Gasteiger partial charge in [-0.15, -0.1) is 0 Å². The van der Waals surface area contributed by atoms with E-state index in [1.807, 2.05) is 30.3 Å². The second-order valence-corrected chi connectivity index (χ2v) is 7.39. The number of aldehydes is 1. The SMILES string of the molecule is COC(=O)[C@H](Cc1ccc(-c2cccc(C=O)c2)cc1)NS(C)(=O)=O. The number of benzene rings is 2. The van der Waals surface area contributed by atoms with Crippen molar-refractivity contribution >= 4 is 22.3 Å². The van der Waals surface area contributed by atoms with Gasteiger partial charge in [0.2, 0.25) is 10.0 Å². The summed E-state index contributed by atoms with van der Waals surface area (Å²) in [6.45, 7) is 0. The summed E-state index contributed by atoms with van der Waals surface area (Å²) in [5, 5.41) is 0. The summed E-state index contributed by atoms with van der Waals surface area (Å²) in [5.74, 6) is -0.645. The van der Waals surface area contributed by atoms with Crippen LogP contribution in [0.25, 0.3) is 11.1 Å². The predicted molar refractivity (Wildman–Crippen MR) is 94.8 cm³/mol. The van der Waals surface area contributed by atoms with Crippen molar-refractivity contribution in [2.45, 2.75) is 12.5 Å². The van der Waals surface area contributed by atoms with Gasteiger partial charge < -0.3 is 4.74 Å². The monoisotopic (exact) mass is 361 g/mol. The average Bonchev–Trinajstić information content (AvgIpc) is 2.60. The molecule has 0 aliphatic rings. The first kappa shape index (κ1) is 18.8. The van der Waals surface area contributed by atoms with Gasteiger partial charge in [-0.05, 0) is 29.2 Å².